The summed E-state index contributed by atoms with van der Waals surface area (Å²) in [6.07, 6.45) is 0. The zero-order valence-electron chi connectivity index (χ0n) is 16.1. The number of carbonyl (C=O) groups is 3. The number of ether oxygens (including phenoxy) is 1. The predicted molar refractivity (Wildman–Crippen MR) is 111 cm³/mol. The molecule has 0 spiro atoms. The van der Waals surface area contributed by atoms with Crippen LogP contribution in [-0.2, 0) is 9.53 Å². The van der Waals surface area contributed by atoms with Crippen LogP contribution in [0, 0.1) is 0 Å². The lowest BCUT2D eigenvalue weighted by Crippen LogP contribution is -2.31. The van der Waals surface area contributed by atoms with Crippen molar-refractivity contribution >= 4 is 40.4 Å². The van der Waals surface area contributed by atoms with Crippen molar-refractivity contribution in [2.24, 2.45) is 0 Å². The summed E-state index contributed by atoms with van der Waals surface area (Å²) in [5.74, 6) is -0.835. The molecule has 0 fully saturated rings. The van der Waals surface area contributed by atoms with Crippen LogP contribution in [0.4, 0.5) is 0 Å². The van der Waals surface area contributed by atoms with Crippen LogP contribution in [0.2, 0.25) is 0 Å². The van der Waals surface area contributed by atoms with Gasteiger partial charge in [0.2, 0.25) is 11.7 Å². The van der Waals surface area contributed by atoms with Gasteiger partial charge in [-0.2, -0.15) is 0 Å². The molecule has 1 amide bonds. The smallest absolute Gasteiger partial charge is 0.339 e. The second kappa shape index (κ2) is 9.43. The lowest BCUT2D eigenvalue weighted by molar-refractivity contribution is -0.119. The van der Waals surface area contributed by atoms with Crippen LogP contribution in [0.15, 0.2) is 63.9 Å². The summed E-state index contributed by atoms with van der Waals surface area (Å²) in [6.45, 7) is 3.34. The number of Topliss-reactive ketones (excluding diaryl/α,β-unsaturated/α-hetero) is 1. The van der Waals surface area contributed by atoms with Crippen LogP contribution >= 0.6 is 11.8 Å². The van der Waals surface area contributed by atoms with E-state index >= 15 is 0 Å². The van der Waals surface area contributed by atoms with Gasteiger partial charge in [0.15, 0.2) is 12.4 Å². The highest BCUT2D eigenvalue weighted by molar-refractivity contribution is 8.00. The zero-order chi connectivity index (χ0) is 20.8. The van der Waals surface area contributed by atoms with Gasteiger partial charge < -0.3 is 14.5 Å². The SMILES string of the molecule is CC(C)NC(=O)CSc1ccccc1C(=O)OCC(=O)c1cc2ccccc2o1. The number of hydrogen-bond acceptors (Lipinski definition) is 6. The molecule has 0 saturated carbocycles. The lowest BCUT2D eigenvalue weighted by atomic mass is 10.2. The molecule has 7 heteroatoms. The molecular formula is C22H21NO5S. The Bertz CT molecular complexity index is 1010. The van der Waals surface area contributed by atoms with Gasteiger partial charge in [0.1, 0.15) is 5.58 Å². The predicted octanol–water partition coefficient (Wildman–Crippen LogP) is 4.09. The van der Waals surface area contributed by atoms with E-state index in [9.17, 15) is 14.4 Å². The molecule has 3 rings (SSSR count). The van der Waals surface area contributed by atoms with Gasteiger partial charge in [-0.25, -0.2) is 4.79 Å². The van der Waals surface area contributed by atoms with Gasteiger partial charge in [0.25, 0.3) is 0 Å². The fourth-order valence-corrected chi connectivity index (χ4v) is 3.52. The summed E-state index contributed by atoms with van der Waals surface area (Å²) in [4.78, 5) is 37.3. The summed E-state index contributed by atoms with van der Waals surface area (Å²) in [5, 5.41) is 3.61. The Kier molecular flexibility index (Phi) is 6.72. The summed E-state index contributed by atoms with van der Waals surface area (Å²) in [5.41, 5.74) is 0.913. The molecule has 0 aliphatic heterocycles. The van der Waals surface area contributed by atoms with Gasteiger partial charge in [-0.15, -0.1) is 11.8 Å². The number of para-hydroxylation sites is 1. The second-order valence-corrected chi connectivity index (χ2v) is 7.67. The monoisotopic (exact) mass is 411 g/mol. The van der Waals surface area contributed by atoms with Crippen LogP contribution in [0.1, 0.15) is 34.8 Å². The molecule has 29 heavy (non-hydrogen) atoms. The normalized spacial score (nSPS) is 10.9. The van der Waals surface area contributed by atoms with E-state index in [0.717, 1.165) is 5.39 Å². The van der Waals surface area contributed by atoms with E-state index in [4.69, 9.17) is 9.15 Å². The van der Waals surface area contributed by atoms with Crippen molar-refractivity contribution < 1.29 is 23.5 Å². The van der Waals surface area contributed by atoms with Crippen molar-refractivity contribution in [1.82, 2.24) is 5.32 Å². The maximum Gasteiger partial charge on any atom is 0.339 e. The molecule has 0 radical (unpaired) electrons. The Labute approximate surface area is 172 Å². The first-order valence-corrected chi connectivity index (χ1v) is 10.1. The third-order valence-corrected chi connectivity index (χ3v) is 5.02. The van der Waals surface area contributed by atoms with Crippen molar-refractivity contribution in [3.05, 3.63) is 65.9 Å². The molecule has 0 aliphatic carbocycles. The molecule has 0 unspecified atom stereocenters. The molecule has 0 bridgehead atoms. The highest BCUT2D eigenvalue weighted by Crippen LogP contribution is 2.24. The summed E-state index contributed by atoms with van der Waals surface area (Å²) in [7, 11) is 0. The fourth-order valence-electron chi connectivity index (χ4n) is 2.67. The van der Waals surface area contributed by atoms with Crippen molar-refractivity contribution in [3.63, 3.8) is 0 Å². The Morgan fingerprint density at radius 2 is 1.79 bits per heavy atom. The Morgan fingerprint density at radius 1 is 1.07 bits per heavy atom. The van der Waals surface area contributed by atoms with E-state index in [1.54, 1.807) is 36.4 Å². The lowest BCUT2D eigenvalue weighted by Gasteiger charge is -2.10. The van der Waals surface area contributed by atoms with Gasteiger partial charge in [0.05, 0.1) is 11.3 Å². The third-order valence-electron chi connectivity index (χ3n) is 3.95. The minimum atomic E-state index is -0.623. The van der Waals surface area contributed by atoms with Crippen molar-refractivity contribution in [1.29, 1.82) is 0 Å². The number of amides is 1. The maximum atomic E-state index is 12.5. The van der Waals surface area contributed by atoms with E-state index in [1.165, 1.54) is 11.8 Å². The Morgan fingerprint density at radius 3 is 2.55 bits per heavy atom. The Hall–Kier alpha value is -3.06. The molecule has 3 aromatic rings. The highest BCUT2D eigenvalue weighted by Gasteiger charge is 2.18. The van der Waals surface area contributed by atoms with E-state index < -0.39 is 18.4 Å². The second-order valence-electron chi connectivity index (χ2n) is 6.65. The van der Waals surface area contributed by atoms with Gasteiger partial charge >= 0.3 is 5.97 Å². The summed E-state index contributed by atoms with van der Waals surface area (Å²) >= 11 is 1.24. The van der Waals surface area contributed by atoms with E-state index in [1.807, 2.05) is 32.0 Å². The molecule has 0 saturated heterocycles. The van der Waals surface area contributed by atoms with Crippen molar-refractivity contribution in [2.75, 3.05) is 12.4 Å². The number of carbonyl (C=O) groups excluding carboxylic acids is 3. The molecule has 0 atom stereocenters. The van der Waals surface area contributed by atoms with Crippen LogP contribution in [0.5, 0.6) is 0 Å². The molecule has 150 valence electrons. The van der Waals surface area contributed by atoms with E-state index in [2.05, 4.69) is 5.32 Å². The van der Waals surface area contributed by atoms with Gasteiger partial charge in [-0.05, 0) is 38.1 Å². The zero-order valence-corrected chi connectivity index (χ0v) is 17.0. The van der Waals surface area contributed by atoms with Gasteiger partial charge in [-0.3, -0.25) is 9.59 Å². The van der Waals surface area contributed by atoms with Crippen molar-refractivity contribution in [2.45, 2.75) is 24.8 Å². The molecule has 6 nitrogen and oxygen atoms in total. The molecular weight excluding hydrogens is 390 g/mol. The van der Waals surface area contributed by atoms with Crippen LogP contribution in [0.25, 0.3) is 11.0 Å². The summed E-state index contributed by atoms with van der Waals surface area (Å²) in [6, 6.07) is 15.8. The largest absolute Gasteiger partial charge is 0.454 e. The number of benzene rings is 2. The van der Waals surface area contributed by atoms with Gasteiger partial charge in [-0.1, -0.05) is 30.3 Å². The number of esters is 1. The first-order valence-electron chi connectivity index (χ1n) is 9.14. The number of ketones is 1. The fraction of sp³-hybridized carbons (Fsp3) is 0.227. The number of thioether (sulfide) groups is 1. The topological polar surface area (TPSA) is 85.6 Å². The average molecular weight is 411 g/mol. The molecule has 2 aromatic carbocycles. The first kappa shape index (κ1) is 20.7. The highest BCUT2D eigenvalue weighted by atomic mass is 32.2. The summed E-state index contributed by atoms with van der Waals surface area (Å²) < 4.78 is 10.7. The number of nitrogens with one attached hydrogen (secondary N) is 1. The quantitative estimate of drug-likeness (QED) is 0.341. The Balaban J connectivity index is 1.61. The van der Waals surface area contributed by atoms with E-state index in [-0.39, 0.29) is 23.5 Å². The van der Waals surface area contributed by atoms with E-state index in [0.29, 0.717) is 16.0 Å². The van der Waals surface area contributed by atoms with Crippen molar-refractivity contribution in [3.8, 4) is 0 Å². The van der Waals surface area contributed by atoms with Crippen LogP contribution in [-0.4, -0.2) is 36.1 Å². The molecule has 1 N–H and O–H groups in total. The number of hydrogen-bond donors (Lipinski definition) is 1. The number of furan rings is 1. The van der Waals surface area contributed by atoms with Crippen LogP contribution < -0.4 is 5.32 Å². The average Bonchev–Trinajstić information content (AvgIpc) is 3.14. The minimum Gasteiger partial charge on any atom is -0.454 e. The van der Waals surface area contributed by atoms with Gasteiger partial charge in [0, 0.05) is 16.3 Å². The first-order chi connectivity index (χ1) is 13.9. The number of fused-ring (bicyclic) bond motifs is 1. The minimum absolute atomic E-state index is 0.0487. The maximum absolute atomic E-state index is 12.5. The van der Waals surface area contributed by atoms with Crippen LogP contribution in [0.3, 0.4) is 0 Å². The standard InChI is InChI=1S/C22H21NO5S/c1-14(2)23-21(25)13-29-20-10-6-4-8-16(20)22(26)27-12-17(24)19-11-15-7-3-5-9-18(15)28-19/h3-11,14H,12-13H2,1-2H3,(H,23,25). The molecule has 1 aromatic heterocycles. The number of rotatable bonds is 8. The molecule has 0 aliphatic rings. The third kappa shape index (κ3) is 5.48. The molecule has 1 heterocycles.